The second kappa shape index (κ2) is 6.59. The first-order valence-corrected chi connectivity index (χ1v) is 8.15. The molecular weight excluding hydrogens is 310 g/mol. The molecule has 0 aliphatic carbocycles. The molecule has 0 radical (unpaired) electrons. The van der Waals surface area contributed by atoms with Crippen LogP contribution in [0.4, 0.5) is 4.79 Å². The van der Waals surface area contributed by atoms with Crippen LogP contribution in [0.5, 0.6) is 11.5 Å². The lowest BCUT2D eigenvalue weighted by Gasteiger charge is -2.40. The van der Waals surface area contributed by atoms with E-state index in [1.54, 1.807) is 0 Å². The normalized spacial score (nSPS) is 22.3. The number of rotatable bonds is 4. The molecule has 0 spiro atoms. The van der Waals surface area contributed by atoms with Gasteiger partial charge in [-0.1, -0.05) is 13.0 Å². The number of nitrogens with two attached hydrogens (primary N) is 1. The van der Waals surface area contributed by atoms with Crippen LogP contribution in [0, 0.1) is 5.41 Å². The number of hydrogen-bond donors (Lipinski definition) is 2. The molecule has 130 valence electrons. The fourth-order valence-corrected chi connectivity index (χ4v) is 3.49. The number of nitrogens with one attached hydrogen (secondary N) is 1. The Morgan fingerprint density at radius 2 is 2.12 bits per heavy atom. The van der Waals surface area contributed by atoms with Crippen LogP contribution in [-0.2, 0) is 11.2 Å². The van der Waals surface area contributed by atoms with Crippen molar-refractivity contribution in [3.8, 4) is 11.5 Å². The molecular formula is C17H23N3O4. The summed E-state index contributed by atoms with van der Waals surface area (Å²) >= 11 is 0. The maximum atomic E-state index is 12.2. The standard InChI is InChI=1S/C17H23N3O4/c1-17(8-12-3-4-13-14(7-12)24-11-23-13)5-2-6-20(10-17)15(21)9-19-16(18)22/h3-4,7H,2,5-6,8-11H2,1H3,(H3,18,19,22)/t17-/m1/s1. The Labute approximate surface area is 141 Å². The van der Waals surface area contributed by atoms with E-state index in [9.17, 15) is 9.59 Å². The molecule has 2 aliphatic heterocycles. The molecule has 0 aromatic heterocycles. The molecule has 0 bridgehead atoms. The summed E-state index contributed by atoms with van der Waals surface area (Å²) in [5, 5.41) is 2.37. The van der Waals surface area contributed by atoms with Gasteiger partial charge in [-0.2, -0.15) is 0 Å². The maximum absolute atomic E-state index is 12.2. The lowest BCUT2D eigenvalue weighted by atomic mass is 9.77. The van der Waals surface area contributed by atoms with Crippen molar-refractivity contribution in [2.24, 2.45) is 11.1 Å². The smallest absolute Gasteiger partial charge is 0.312 e. The molecule has 2 heterocycles. The van der Waals surface area contributed by atoms with E-state index < -0.39 is 6.03 Å². The number of nitrogens with zero attached hydrogens (tertiary/aromatic N) is 1. The van der Waals surface area contributed by atoms with Gasteiger partial charge in [0.15, 0.2) is 11.5 Å². The molecule has 1 aromatic carbocycles. The number of piperidine rings is 1. The lowest BCUT2D eigenvalue weighted by molar-refractivity contribution is -0.133. The van der Waals surface area contributed by atoms with E-state index in [1.165, 1.54) is 5.56 Å². The molecule has 0 unspecified atom stereocenters. The molecule has 7 heteroatoms. The van der Waals surface area contributed by atoms with E-state index in [1.807, 2.05) is 23.1 Å². The highest BCUT2D eigenvalue weighted by atomic mass is 16.7. The van der Waals surface area contributed by atoms with Gasteiger partial charge in [-0.25, -0.2) is 4.79 Å². The third-order valence-corrected chi connectivity index (χ3v) is 4.62. The van der Waals surface area contributed by atoms with Gasteiger partial charge in [0, 0.05) is 13.1 Å². The first-order chi connectivity index (χ1) is 11.5. The predicted molar refractivity (Wildman–Crippen MR) is 87.8 cm³/mol. The SMILES string of the molecule is C[C@]1(Cc2ccc3c(c2)OCO3)CCCN(C(=O)CNC(N)=O)C1. The molecule has 3 N–H and O–H groups in total. The van der Waals surface area contributed by atoms with Gasteiger partial charge >= 0.3 is 6.03 Å². The lowest BCUT2D eigenvalue weighted by Crippen LogP contribution is -2.49. The van der Waals surface area contributed by atoms with Crippen LogP contribution in [0.3, 0.4) is 0 Å². The Morgan fingerprint density at radius 1 is 1.33 bits per heavy atom. The summed E-state index contributed by atoms with van der Waals surface area (Å²) in [5.74, 6) is 1.47. The minimum absolute atomic E-state index is 0.00562. The Morgan fingerprint density at radius 3 is 2.92 bits per heavy atom. The van der Waals surface area contributed by atoms with Crippen LogP contribution < -0.4 is 20.5 Å². The first-order valence-electron chi connectivity index (χ1n) is 8.15. The average Bonchev–Trinajstić information content (AvgIpc) is 2.99. The molecule has 7 nitrogen and oxygen atoms in total. The number of likely N-dealkylation sites (tertiary alicyclic amines) is 1. The van der Waals surface area contributed by atoms with Gasteiger partial charge in [-0.3, -0.25) is 4.79 Å². The summed E-state index contributed by atoms with van der Waals surface area (Å²) in [4.78, 5) is 24.8. The van der Waals surface area contributed by atoms with Crippen LogP contribution in [0.2, 0.25) is 0 Å². The van der Waals surface area contributed by atoms with E-state index in [0.29, 0.717) is 6.54 Å². The Balaban J connectivity index is 1.64. The third kappa shape index (κ3) is 3.72. The first kappa shape index (κ1) is 16.4. The highest BCUT2D eigenvalue weighted by Gasteiger charge is 2.33. The van der Waals surface area contributed by atoms with Crippen molar-refractivity contribution in [3.63, 3.8) is 0 Å². The van der Waals surface area contributed by atoms with Crippen molar-refractivity contribution in [2.45, 2.75) is 26.2 Å². The number of urea groups is 1. The van der Waals surface area contributed by atoms with E-state index >= 15 is 0 Å². The summed E-state index contributed by atoms with van der Waals surface area (Å²) in [6.07, 6.45) is 2.86. The predicted octanol–water partition coefficient (Wildman–Crippen LogP) is 1.25. The average molecular weight is 333 g/mol. The highest BCUT2D eigenvalue weighted by Crippen LogP contribution is 2.37. The number of benzene rings is 1. The molecule has 1 saturated heterocycles. The van der Waals surface area contributed by atoms with Crippen LogP contribution in [0.25, 0.3) is 0 Å². The summed E-state index contributed by atoms with van der Waals surface area (Å²) in [5.41, 5.74) is 6.19. The van der Waals surface area contributed by atoms with Gasteiger partial charge < -0.3 is 25.4 Å². The van der Waals surface area contributed by atoms with Crippen LogP contribution in [0.15, 0.2) is 18.2 Å². The summed E-state index contributed by atoms with van der Waals surface area (Å²) < 4.78 is 10.8. The fourth-order valence-electron chi connectivity index (χ4n) is 3.49. The zero-order chi connectivity index (χ0) is 17.2. The molecule has 1 fully saturated rings. The molecule has 1 atom stereocenters. The van der Waals surface area contributed by atoms with Crippen LogP contribution in [0.1, 0.15) is 25.3 Å². The number of carbonyl (C=O) groups excluding carboxylic acids is 2. The van der Waals surface area contributed by atoms with Crippen LogP contribution in [-0.4, -0.2) is 43.3 Å². The van der Waals surface area contributed by atoms with Crippen molar-refractivity contribution < 1.29 is 19.1 Å². The van der Waals surface area contributed by atoms with Crippen LogP contribution >= 0.6 is 0 Å². The molecule has 2 aliphatic rings. The minimum Gasteiger partial charge on any atom is -0.454 e. The van der Waals surface area contributed by atoms with E-state index in [-0.39, 0.29) is 24.7 Å². The second-order valence-electron chi connectivity index (χ2n) is 6.81. The van der Waals surface area contributed by atoms with Gasteiger partial charge in [-0.15, -0.1) is 0 Å². The maximum Gasteiger partial charge on any atom is 0.312 e. The van der Waals surface area contributed by atoms with Gasteiger partial charge in [0.05, 0.1) is 6.54 Å². The van der Waals surface area contributed by atoms with Gasteiger partial charge in [0.2, 0.25) is 12.7 Å². The summed E-state index contributed by atoms with van der Waals surface area (Å²) in [7, 11) is 0. The summed E-state index contributed by atoms with van der Waals surface area (Å²) in [6.45, 7) is 3.80. The quantitative estimate of drug-likeness (QED) is 0.867. The molecule has 0 saturated carbocycles. The Hall–Kier alpha value is -2.44. The zero-order valence-electron chi connectivity index (χ0n) is 13.8. The molecule has 3 amide bonds. The van der Waals surface area contributed by atoms with E-state index in [4.69, 9.17) is 15.2 Å². The van der Waals surface area contributed by atoms with Crippen molar-refractivity contribution >= 4 is 11.9 Å². The topological polar surface area (TPSA) is 93.9 Å². The third-order valence-electron chi connectivity index (χ3n) is 4.62. The Bertz CT molecular complexity index is 649. The number of ether oxygens (including phenoxy) is 2. The van der Waals surface area contributed by atoms with Gasteiger partial charge in [0.25, 0.3) is 0 Å². The molecule has 24 heavy (non-hydrogen) atoms. The fraction of sp³-hybridized carbons (Fsp3) is 0.529. The highest BCUT2D eigenvalue weighted by molar-refractivity contribution is 5.83. The number of primary amides is 1. The van der Waals surface area contributed by atoms with E-state index in [0.717, 1.165) is 37.3 Å². The zero-order valence-corrected chi connectivity index (χ0v) is 13.8. The largest absolute Gasteiger partial charge is 0.454 e. The van der Waals surface area contributed by atoms with Crippen molar-refractivity contribution in [1.82, 2.24) is 10.2 Å². The number of amides is 3. The van der Waals surface area contributed by atoms with Gasteiger partial charge in [0.1, 0.15) is 0 Å². The number of hydrogen-bond acceptors (Lipinski definition) is 4. The van der Waals surface area contributed by atoms with E-state index in [2.05, 4.69) is 12.2 Å². The molecule has 1 aromatic rings. The Kier molecular flexibility index (Phi) is 4.51. The number of fused-ring (bicyclic) bond motifs is 1. The monoisotopic (exact) mass is 333 g/mol. The van der Waals surface area contributed by atoms with Gasteiger partial charge in [-0.05, 0) is 42.4 Å². The minimum atomic E-state index is -0.677. The second-order valence-corrected chi connectivity index (χ2v) is 6.81. The van der Waals surface area contributed by atoms with Crippen molar-refractivity contribution in [1.29, 1.82) is 0 Å². The number of carbonyl (C=O) groups is 2. The molecule has 3 rings (SSSR count). The summed E-state index contributed by atoms with van der Waals surface area (Å²) in [6, 6.07) is 5.32. The van der Waals surface area contributed by atoms with Crippen molar-refractivity contribution in [3.05, 3.63) is 23.8 Å². The van der Waals surface area contributed by atoms with Crippen molar-refractivity contribution in [2.75, 3.05) is 26.4 Å².